The van der Waals surface area contributed by atoms with Crippen LogP contribution >= 0.6 is 27.3 Å². The molecule has 0 aliphatic rings. The van der Waals surface area contributed by atoms with Crippen LogP contribution in [-0.4, -0.2) is 9.91 Å². The predicted molar refractivity (Wildman–Crippen MR) is 124 cm³/mol. The minimum absolute atomic E-state index is 0.0237. The first kappa shape index (κ1) is 20.7. The number of nitriles is 1. The molecule has 0 amide bonds. The molecule has 0 atom stereocenters. The largest absolute Gasteiger partial charge is 0.456 e. The number of hydrogen-bond donors (Lipinski definition) is 0. The van der Waals surface area contributed by atoms with Gasteiger partial charge >= 0.3 is 0 Å². The second kappa shape index (κ2) is 8.68. The van der Waals surface area contributed by atoms with Crippen molar-refractivity contribution in [1.29, 1.82) is 5.26 Å². The molecular formula is C23H14BrN3O3S. The van der Waals surface area contributed by atoms with E-state index >= 15 is 0 Å². The van der Waals surface area contributed by atoms with Gasteiger partial charge in [0.25, 0.3) is 5.69 Å². The highest BCUT2D eigenvalue weighted by atomic mass is 79.9. The van der Waals surface area contributed by atoms with Crippen LogP contribution in [0.25, 0.3) is 34.2 Å². The van der Waals surface area contributed by atoms with Crippen molar-refractivity contribution in [2.24, 2.45) is 0 Å². The number of thiazole rings is 1. The van der Waals surface area contributed by atoms with Crippen LogP contribution in [0.3, 0.4) is 0 Å². The predicted octanol–water partition coefficient (Wildman–Crippen LogP) is 7.11. The lowest BCUT2D eigenvalue weighted by atomic mass is 10.1. The van der Waals surface area contributed by atoms with Gasteiger partial charge in [-0.15, -0.1) is 11.3 Å². The molecule has 2 heterocycles. The molecule has 0 unspecified atom stereocenters. The molecule has 2 aromatic carbocycles. The third-order valence-electron chi connectivity index (χ3n) is 4.52. The maximum Gasteiger partial charge on any atom is 0.280 e. The van der Waals surface area contributed by atoms with Gasteiger partial charge in [-0.2, -0.15) is 5.26 Å². The van der Waals surface area contributed by atoms with Gasteiger partial charge in [0.15, 0.2) is 0 Å². The first-order valence-electron chi connectivity index (χ1n) is 9.13. The van der Waals surface area contributed by atoms with Crippen molar-refractivity contribution in [3.8, 4) is 28.7 Å². The Hall–Kier alpha value is -3.54. The number of hydrogen-bond acceptors (Lipinski definition) is 6. The van der Waals surface area contributed by atoms with Crippen LogP contribution in [0.4, 0.5) is 5.69 Å². The van der Waals surface area contributed by atoms with E-state index in [9.17, 15) is 15.4 Å². The summed E-state index contributed by atoms with van der Waals surface area (Å²) in [5.74, 6) is 0.784. The van der Waals surface area contributed by atoms with E-state index in [1.165, 1.54) is 17.4 Å². The summed E-state index contributed by atoms with van der Waals surface area (Å²) in [6, 6.07) is 18.2. The highest BCUT2D eigenvalue weighted by Crippen LogP contribution is 2.33. The van der Waals surface area contributed by atoms with Crippen LogP contribution in [0, 0.1) is 28.4 Å². The lowest BCUT2D eigenvalue weighted by molar-refractivity contribution is -0.384. The van der Waals surface area contributed by atoms with Crippen LogP contribution in [0.2, 0.25) is 0 Å². The van der Waals surface area contributed by atoms with E-state index in [-0.39, 0.29) is 5.69 Å². The summed E-state index contributed by atoms with van der Waals surface area (Å²) in [4.78, 5) is 15.5. The Morgan fingerprint density at radius 2 is 2.00 bits per heavy atom. The SMILES string of the molecule is Cc1ccc(-c2ccc(C=C(C#N)c3nc(-c4ccc(Br)cc4)cs3)o2)c([N+](=O)[O-])c1. The number of aromatic nitrogens is 1. The van der Waals surface area contributed by atoms with Gasteiger partial charge < -0.3 is 4.42 Å². The zero-order valence-electron chi connectivity index (χ0n) is 16.2. The normalized spacial score (nSPS) is 11.3. The summed E-state index contributed by atoms with van der Waals surface area (Å²) >= 11 is 4.78. The molecule has 0 aliphatic heterocycles. The van der Waals surface area contributed by atoms with Gasteiger partial charge in [0, 0.05) is 27.6 Å². The average Bonchev–Trinajstić information content (AvgIpc) is 3.42. The van der Waals surface area contributed by atoms with Gasteiger partial charge in [0.2, 0.25) is 0 Å². The summed E-state index contributed by atoms with van der Waals surface area (Å²) in [5, 5.41) is 23.5. The lowest BCUT2D eigenvalue weighted by Crippen LogP contribution is -1.92. The van der Waals surface area contributed by atoms with E-state index in [2.05, 4.69) is 27.0 Å². The summed E-state index contributed by atoms with van der Waals surface area (Å²) in [6.07, 6.45) is 1.59. The van der Waals surface area contributed by atoms with Crippen molar-refractivity contribution in [2.75, 3.05) is 0 Å². The van der Waals surface area contributed by atoms with Crippen LogP contribution in [0.5, 0.6) is 0 Å². The molecule has 0 saturated carbocycles. The van der Waals surface area contributed by atoms with Gasteiger partial charge in [0.1, 0.15) is 22.6 Å². The van der Waals surface area contributed by atoms with Gasteiger partial charge in [-0.1, -0.05) is 34.1 Å². The highest BCUT2D eigenvalue weighted by Gasteiger charge is 2.18. The molecule has 0 spiro atoms. The van der Waals surface area contributed by atoms with E-state index in [0.717, 1.165) is 21.3 Å². The monoisotopic (exact) mass is 491 g/mol. The second-order valence-electron chi connectivity index (χ2n) is 6.69. The zero-order valence-corrected chi connectivity index (χ0v) is 18.6. The molecule has 0 saturated heterocycles. The van der Waals surface area contributed by atoms with Crippen molar-refractivity contribution in [3.05, 3.63) is 90.9 Å². The molecule has 2 aromatic heterocycles. The van der Waals surface area contributed by atoms with Gasteiger partial charge in [0.05, 0.1) is 21.8 Å². The fourth-order valence-corrected chi connectivity index (χ4v) is 4.07. The molecule has 6 nitrogen and oxygen atoms in total. The zero-order chi connectivity index (χ0) is 22.0. The minimum atomic E-state index is -0.430. The van der Waals surface area contributed by atoms with Crippen molar-refractivity contribution >= 4 is 44.6 Å². The van der Waals surface area contributed by atoms with Crippen molar-refractivity contribution < 1.29 is 9.34 Å². The van der Waals surface area contributed by atoms with Crippen LogP contribution in [0.1, 0.15) is 16.3 Å². The highest BCUT2D eigenvalue weighted by molar-refractivity contribution is 9.10. The second-order valence-corrected chi connectivity index (χ2v) is 8.47. The third-order valence-corrected chi connectivity index (χ3v) is 5.93. The quantitative estimate of drug-likeness (QED) is 0.168. The Morgan fingerprint density at radius 1 is 1.23 bits per heavy atom. The van der Waals surface area contributed by atoms with Gasteiger partial charge in [-0.05, 0) is 42.8 Å². The average molecular weight is 492 g/mol. The molecular weight excluding hydrogens is 478 g/mol. The number of benzene rings is 2. The topological polar surface area (TPSA) is 93.0 Å². The van der Waals surface area contributed by atoms with Crippen LogP contribution in [0.15, 0.2) is 68.9 Å². The van der Waals surface area contributed by atoms with E-state index in [1.807, 2.05) is 29.6 Å². The fourth-order valence-electron chi connectivity index (χ4n) is 3.01. The first-order chi connectivity index (χ1) is 14.9. The molecule has 4 aromatic rings. The van der Waals surface area contributed by atoms with Gasteiger partial charge in [-0.3, -0.25) is 10.1 Å². The van der Waals surface area contributed by atoms with E-state index in [0.29, 0.717) is 27.7 Å². The number of halogens is 1. The van der Waals surface area contributed by atoms with E-state index in [1.54, 1.807) is 37.3 Å². The lowest BCUT2D eigenvalue weighted by Gasteiger charge is -2.01. The summed E-state index contributed by atoms with van der Waals surface area (Å²) in [6.45, 7) is 1.79. The van der Waals surface area contributed by atoms with Crippen molar-refractivity contribution in [2.45, 2.75) is 6.92 Å². The van der Waals surface area contributed by atoms with Crippen molar-refractivity contribution in [1.82, 2.24) is 4.98 Å². The number of aryl methyl sites for hydroxylation is 1. The number of nitro groups is 1. The van der Waals surface area contributed by atoms with Crippen molar-refractivity contribution in [3.63, 3.8) is 0 Å². The Bertz CT molecular complexity index is 1350. The van der Waals surface area contributed by atoms with Gasteiger partial charge in [-0.25, -0.2) is 4.98 Å². The minimum Gasteiger partial charge on any atom is -0.456 e. The Balaban J connectivity index is 1.65. The number of nitrogens with zero attached hydrogens (tertiary/aromatic N) is 3. The maximum atomic E-state index is 11.4. The molecule has 31 heavy (non-hydrogen) atoms. The number of allylic oxidation sites excluding steroid dienone is 1. The third kappa shape index (κ3) is 4.48. The molecule has 4 rings (SSSR count). The first-order valence-corrected chi connectivity index (χ1v) is 10.8. The Labute approximate surface area is 190 Å². The summed E-state index contributed by atoms with van der Waals surface area (Å²) in [7, 11) is 0. The maximum absolute atomic E-state index is 11.4. The smallest absolute Gasteiger partial charge is 0.280 e. The molecule has 8 heteroatoms. The Morgan fingerprint density at radius 3 is 2.71 bits per heavy atom. The number of nitro benzene ring substituents is 1. The Kier molecular flexibility index (Phi) is 5.80. The molecule has 0 fully saturated rings. The van der Waals surface area contributed by atoms with E-state index < -0.39 is 4.92 Å². The molecule has 152 valence electrons. The summed E-state index contributed by atoms with van der Waals surface area (Å²) < 4.78 is 6.78. The summed E-state index contributed by atoms with van der Waals surface area (Å²) in [5.41, 5.74) is 3.25. The molecule has 0 aliphatic carbocycles. The molecule has 0 N–H and O–H groups in total. The van der Waals surface area contributed by atoms with Crippen LogP contribution in [-0.2, 0) is 0 Å². The van der Waals surface area contributed by atoms with Crippen LogP contribution < -0.4 is 0 Å². The van der Waals surface area contributed by atoms with E-state index in [4.69, 9.17) is 4.42 Å². The number of rotatable bonds is 5. The molecule has 0 radical (unpaired) electrons. The number of furan rings is 1. The fraction of sp³-hybridized carbons (Fsp3) is 0.0435. The molecule has 0 bridgehead atoms. The standard InChI is InChI=1S/C23H14BrN3O3S/c1-14-2-8-19(21(10-14)27(28)29)22-9-7-18(30-22)11-16(12-25)23-26-20(13-31-23)15-3-5-17(24)6-4-15/h2-11,13H,1H3.